The summed E-state index contributed by atoms with van der Waals surface area (Å²) >= 11 is 0. The fourth-order valence-electron chi connectivity index (χ4n) is 4.01. The molecule has 1 atom stereocenters. The highest BCUT2D eigenvalue weighted by molar-refractivity contribution is 6.58. The van der Waals surface area contributed by atoms with Crippen molar-refractivity contribution >= 4 is 25.6 Å². The monoisotopic (exact) mass is 313 g/mol. The Kier molecular flexibility index (Phi) is 3.46. The molecule has 113 valence electrons. The van der Waals surface area contributed by atoms with Crippen LogP contribution in [-0.4, -0.2) is 8.80 Å². The summed E-state index contributed by atoms with van der Waals surface area (Å²) in [4.78, 5) is 0. The van der Waals surface area contributed by atoms with E-state index in [2.05, 4.69) is 86.8 Å². The lowest BCUT2D eigenvalue weighted by molar-refractivity contribution is 1.10. The molecular formula is C22H21Si. The second-order valence-corrected chi connectivity index (χ2v) is 9.47. The highest BCUT2D eigenvalue weighted by atomic mass is 28.3. The van der Waals surface area contributed by atoms with Crippen molar-refractivity contribution in [3.8, 4) is 11.1 Å². The van der Waals surface area contributed by atoms with Gasteiger partial charge in [-0.15, -0.1) is 0 Å². The molecule has 0 amide bonds. The van der Waals surface area contributed by atoms with Crippen LogP contribution in [0.5, 0.6) is 0 Å². The summed E-state index contributed by atoms with van der Waals surface area (Å²) < 4.78 is 0. The van der Waals surface area contributed by atoms with E-state index in [4.69, 9.17) is 0 Å². The van der Waals surface area contributed by atoms with Gasteiger partial charge < -0.3 is 0 Å². The van der Waals surface area contributed by atoms with E-state index in [0.29, 0.717) is 5.54 Å². The second kappa shape index (κ2) is 5.50. The molecule has 0 saturated heterocycles. The third kappa shape index (κ3) is 2.27. The molecule has 4 rings (SSSR count). The van der Waals surface area contributed by atoms with Gasteiger partial charge in [-0.1, -0.05) is 85.4 Å². The first kappa shape index (κ1) is 14.5. The van der Waals surface area contributed by atoms with Crippen LogP contribution in [0.2, 0.25) is 13.1 Å². The quantitative estimate of drug-likeness (QED) is 0.487. The lowest BCUT2D eigenvalue weighted by Gasteiger charge is -2.18. The van der Waals surface area contributed by atoms with Crippen molar-refractivity contribution in [1.82, 2.24) is 0 Å². The molecule has 0 aliphatic heterocycles. The summed E-state index contributed by atoms with van der Waals surface area (Å²) in [6.45, 7) is 7.15. The lowest BCUT2D eigenvalue weighted by atomic mass is 9.93. The van der Waals surface area contributed by atoms with Crippen LogP contribution in [0.25, 0.3) is 28.0 Å². The maximum atomic E-state index is 2.43. The molecule has 1 unspecified atom stereocenters. The SMILES string of the molecule is CC1=Cc2c(-c3cccc4ccccc34)cccc2C1[Si](C)C. The Labute approximate surface area is 140 Å². The molecule has 0 N–H and O–H groups in total. The molecule has 0 heterocycles. The number of hydrogen-bond acceptors (Lipinski definition) is 0. The van der Waals surface area contributed by atoms with Crippen molar-refractivity contribution in [3.63, 3.8) is 0 Å². The van der Waals surface area contributed by atoms with Crippen molar-refractivity contribution < 1.29 is 0 Å². The zero-order valence-electron chi connectivity index (χ0n) is 13.9. The average Bonchev–Trinajstić information content (AvgIpc) is 2.90. The van der Waals surface area contributed by atoms with Crippen molar-refractivity contribution in [3.05, 3.63) is 77.4 Å². The van der Waals surface area contributed by atoms with Crippen LogP contribution in [0, 0.1) is 0 Å². The summed E-state index contributed by atoms with van der Waals surface area (Å²) in [5.74, 6) is 0. The molecular weight excluding hydrogens is 292 g/mol. The number of allylic oxidation sites excluding steroid dienone is 1. The van der Waals surface area contributed by atoms with Crippen LogP contribution in [0.1, 0.15) is 23.6 Å². The number of rotatable bonds is 2. The Morgan fingerprint density at radius 3 is 2.30 bits per heavy atom. The smallest absolute Gasteiger partial charge is 0.0551 e. The van der Waals surface area contributed by atoms with Crippen LogP contribution < -0.4 is 0 Å². The van der Waals surface area contributed by atoms with Crippen LogP contribution in [-0.2, 0) is 0 Å². The van der Waals surface area contributed by atoms with Crippen molar-refractivity contribution in [1.29, 1.82) is 0 Å². The lowest BCUT2D eigenvalue weighted by Crippen LogP contribution is -2.15. The van der Waals surface area contributed by atoms with E-state index in [1.54, 1.807) is 0 Å². The largest absolute Gasteiger partial charge is 0.0705 e. The Balaban J connectivity index is 1.99. The van der Waals surface area contributed by atoms with E-state index in [1.807, 2.05) is 0 Å². The van der Waals surface area contributed by atoms with Gasteiger partial charge in [0.05, 0.1) is 8.80 Å². The summed E-state index contributed by atoms with van der Waals surface area (Å²) in [6, 6.07) is 22.2. The van der Waals surface area contributed by atoms with Gasteiger partial charge in [-0.05, 0) is 45.5 Å². The molecule has 0 nitrogen and oxygen atoms in total. The fraction of sp³-hybridized carbons (Fsp3) is 0.182. The third-order valence-electron chi connectivity index (χ3n) is 4.94. The Bertz CT molecular complexity index is 913. The van der Waals surface area contributed by atoms with Crippen LogP contribution in [0.15, 0.2) is 66.2 Å². The number of benzene rings is 3. The molecule has 0 bridgehead atoms. The van der Waals surface area contributed by atoms with Gasteiger partial charge in [-0.25, -0.2) is 0 Å². The number of hydrogen-bond donors (Lipinski definition) is 0. The minimum Gasteiger partial charge on any atom is -0.0705 e. The van der Waals surface area contributed by atoms with Gasteiger partial charge in [0.1, 0.15) is 0 Å². The van der Waals surface area contributed by atoms with E-state index in [1.165, 1.54) is 38.6 Å². The molecule has 23 heavy (non-hydrogen) atoms. The van der Waals surface area contributed by atoms with E-state index in [0.717, 1.165) is 0 Å². The highest BCUT2D eigenvalue weighted by Crippen LogP contribution is 2.43. The summed E-state index contributed by atoms with van der Waals surface area (Å²) in [5.41, 5.74) is 7.90. The number of fused-ring (bicyclic) bond motifs is 2. The van der Waals surface area contributed by atoms with Crippen LogP contribution >= 0.6 is 0 Å². The molecule has 1 aliphatic rings. The van der Waals surface area contributed by atoms with Gasteiger partial charge in [0.2, 0.25) is 0 Å². The highest BCUT2D eigenvalue weighted by Gasteiger charge is 2.27. The third-order valence-corrected chi connectivity index (χ3v) is 6.86. The zero-order chi connectivity index (χ0) is 16.0. The van der Waals surface area contributed by atoms with Gasteiger partial charge in [0, 0.05) is 0 Å². The van der Waals surface area contributed by atoms with E-state index < -0.39 is 0 Å². The van der Waals surface area contributed by atoms with Gasteiger partial charge >= 0.3 is 0 Å². The molecule has 0 spiro atoms. The Morgan fingerprint density at radius 2 is 1.48 bits per heavy atom. The first-order valence-electron chi connectivity index (χ1n) is 8.26. The van der Waals surface area contributed by atoms with Crippen molar-refractivity contribution in [2.75, 3.05) is 0 Å². The van der Waals surface area contributed by atoms with Crippen LogP contribution in [0.3, 0.4) is 0 Å². The second-order valence-electron chi connectivity index (χ2n) is 6.73. The molecule has 3 aromatic carbocycles. The molecule has 1 aliphatic carbocycles. The topological polar surface area (TPSA) is 0 Å². The minimum atomic E-state index is -0.381. The standard InChI is InChI=1S/C22H21Si/c1-15-14-21-19(12-7-13-20(21)22(15)23(2)3)18-11-6-9-16-8-4-5-10-17(16)18/h4-14,22H,1-3H3. The predicted molar refractivity (Wildman–Crippen MR) is 103 cm³/mol. The van der Waals surface area contributed by atoms with E-state index >= 15 is 0 Å². The van der Waals surface area contributed by atoms with Gasteiger partial charge in [0.15, 0.2) is 0 Å². The van der Waals surface area contributed by atoms with Gasteiger partial charge in [-0.3, -0.25) is 0 Å². The molecule has 0 fully saturated rings. The summed E-state index contributed by atoms with van der Waals surface area (Å²) in [6.07, 6.45) is 2.43. The predicted octanol–water partition coefficient (Wildman–Crippen LogP) is 6.30. The fourth-order valence-corrected chi connectivity index (χ4v) is 5.88. The van der Waals surface area contributed by atoms with E-state index in [9.17, 15) is 0 Å². The summed E-state index contributed by atoms with van der Waals surface area (Å²) in [7, 11) is -0.381. The molecule has 0 saturated carbocycles. The maximum absolute atomic E-state index is 2.43. The maximum Gasteiger partial charge on any atom is 0.0551 e. The zero-order valence-corrected chi connectivity index (χ0v) is 14.9. The molecule has 1 radical (unpaired) electrons. The minimum absolute atomic E-state index is 0.381. The van der Waals surface area contributed by atoms with Crippen molar-refractivity contribution in [2.24, 2.45) is 0 Å². The first-order chi connectivity index (χ1) is 11.2. The average molecular weight is 313 g/mol. The van der Waals surface area contributed by atoms with Crippen LogP contribution in [0.4, 0.5) is 0 Å². The van der Waals surface area contributed by atoms with Gasteiger partial charge in [-0.2, -0.15) is 0 Å². The van der Waals surface area contributed by atoms with Crippen molar-refractivity contribution in [2.45, 2.75) is 25.6 Å². The molecule has 3 aromatic rings. The summed E-state index contributed by atoms with van der Waals surface area (Å²) in [5, 5.41) is 2.66. The first-order valence-corrected chi connectivity index (χ1v) is 10.8. The Morgan fingerprint density at radius 1 is 0.783 bits per heavy atom. The van der Waals surface area contributed by atoms with Gasteiger partial charge in [0.25, 0.3) is 0 Å². The Hall–Kier alpha value is -2.12. The molecule has 0 aromatic heterocycles. The molecule has 1 heteroatoms. The van der Waals surface area contributed by atoms with E-state index in [-0.39, 0.29) is 8.80 Å². The normalized spacial score (nSPS) is 16.7.